The molecule has 0 rings (SSSR count). The average Bonchev–Trinajstić information content (AvgIpc) is 1.35. The van der Waals surface area contributed by atoms with Gasteiger partial charge in [-0.3, -0.25) is 0 Å². The van der Waals surface area contributed by atoms with Gasteiger partial charge in [0.2, 0.25) is 0 Å². The molecule has 0 saturated carbocycles. The monoisotopic (exact) mass is 459 g/mol. The first kappa shape index (κ1) is 7.98. The van der Waals surface area contributed by atoms with Gasteiger partial charge in [-0.15, -0.1) is 0 Å². The van der Waals surface area contributed by atoms with E-state index in [1.54, 1.807) is 43.8 Å². The molecular weight excluding hydrogens is 454 g/mol. The van der Waals surface area contributed by atoms with E-state index in [4.69, 9.17) is 0 Å². The Balaban J connectivity index is 3.05. The van der Waals surface area contributed by atoms with Gasteiger partial charge in [-0.2, -0.15) is 0 Å². The van der Waals surface area contributed by atoms with Gasteiger partial charge in [0.25, 0.3) is 0 Å². The van der Waals surface area contributed by atoms with Crippen LogP contribution in [0.2, 0.25) is 0 Å². The van der Waals surface area contributed by atoms with Crippen LogP contribution in [-0.2, 0) is 37.6 Å². The summed E-state index contributed by atoms with van der Waals surface area (Å²) in [5.74, 6) is 1.49. The van der Waals surface area contributed by atoms with Crippen LogP contribution in [0.5, 0.6) is 0 Å². The molecule has 0 fully saturated rings. The fourth-order valence-electron chi connectivity index (χ4n) is 0.0813. The van der Waals surface area contributed by atoms with Gasteiger partial charge in [-0.25, -0.2) is 0 Å². The van der Waals surface area contributed by atoms with Gasteiger partial charge in [0.15, 0.2) is 0 Å². The minimum atomic E-state index is 0.491. The van der Waals surface area contributed by atoms with Crippen LogP contribution in [0, 0.1) is 0 Å². The normalized spacial score (nSPS) is 11.8. The Hall–Kier alpha value is 1.98. The Morgan fingerprint density at radius 1 is 1.83 bits per heavy atom. The van der Waals surface area contributed by atoms with Gasteiger partial charge in [-0.1, -0.05) is 0 Å². The molecule has 0 nitrogen and oxygen atoms in total. The zero-order chi connectivity index (χ0) is 4.99. The van der Waals surface area contributed by atoms with Crippen LogP contribution in [-0.4, -0.2) is 12.6 Å². The molecule has 0 aliphatic rings. The zero-order valence-corrected chi connectivity index (χ0v) is 11.1. The Labute approximate surface area is 61.6 Å². The second kappa shape index (κ2) is 5.12. The summed E-state index contributed by atoms with van der Waals surface area (Å²) in [6.45, 7) is 2.36. The molecule has 4 heteroatoms. The van der Waals surface area contributed by atoms with E-state index in [2.05, 4.69) is 6.66 Å². The van der Waals surface area contributed by atoms with Gasteiger partial charge < -0.3 is 0 Å². The van der Waals surface area contributed by atoms with Crippen molar-refractivity contribution in [1.29, 1.82) is 0 Å². The molecule has 0 bridgehead atoms. The molecule has 0 saturated heterocycles. The fourth-order valence-corrected chi connectivity index (χ4v) is 18.5. The molecule has 34 valence electrons. The first-order valence-electron chi connectivity index (χ1n) is 1.44. The second-order valence-electron chi connectivity index (χ2n) is 0.898. The van der Waals surface area contributed by atoms with Crippen LogP contribution in [0.25, 0.3) is 0 Å². The van der Waals surface area contributed by atoms with E-state index in [1.165, 1.54) is 5.90 Å². The van der Waals surface area contributed by atoms with Crippen molar-refractivity contribution in [3.8, 4) is 0 Å². The van der Waals surface area contributed by atoms with Gasteiger partial charge in [0.1, 0.15) is 0 Å². The minimum absolute atomic E-state index is 0.491. The van der Waals surface area contributed by atoms with Crippen molar-refractivity contribution >= 4 is 11.8 Å². The van der Waals surface area contributed by atoms with E-state index in [1.807, 2.05) is 0 Å². The molecule has 0 N–H and O–H groups in total. The Kier molecular flexibility index (Phi) is 6.81. The first-order valence-corrected chi connectivity index (χ1v) is 12.2. The van der Waals surface area contributed by atoms with E-state index in [0.717, 1.165) is 0 Å². The van der Waals surface area contributed by atoms with Crippen molar-refractivity contribution in [1.82, 2.24) is 0 Å². The predicted molar refractivity (Wildman–Crippen MR) is 24.6 cm³/mol. The predicted octanol–water partition coefficient (Wildman–Crippen LogP) is 1.93. The molecule has 0 amide bonds. The molecule has 0 aliphatic heterocycles. The molecule has 1 unspecified atom stereocenters. The summed E-state index contributed by atoms with van der Waals surface area (Å²) in [7, 11) is 0. The average molecular weight is 459 g/mol. The van der Waals surface area contributed by atoms with Crippen LogP contribution < -0.4 is 0 Å². The number of hydrogen-bond acceptors (Lipinski definition) is 0. The maximum absolute atomic E-state index is 2.36. The zero-order valence-electron chi connectivity index (χ0n) is 3.42. The molecule has 0 aromatic rings. The standard InChI is InChI=1S/C2H5P2.2W/c1-4-2-3;;/h2H2,1H3;;/q-1;;+2. The number of hydrogen-bond donors (Lipinski definition) is 0. The van der Waals surface area contributed by atoms with Crippen molar-refractivity contribution in [3.05, 3.63) is 0 Å². The van der Waals surface area contributed by atoms with Crippen LogP contribution in [0.3, 0.4) is 0 Å². The summed E-state index contributed by atoms with van der Waals surface area (Å²) >= 11 is 3.52. The summed E-state index contributed by atoms with van der Waals surface area (Å²) in [5, 5.41) is 0. The third kappa shape index (κ3) is 5.98. The summed E-state index contributed by atoms with van der Waals surface area (Å²) in [5.41, 5.74) is 0.491. The van der Waals surface area contributed by atoms with Gasteiger partial charge in [0.05, 0.1) is 0 Å². The molecule has 0 heterocycles. The number of rotatable bonds is 2. The van der Waals surface area contributed by atoms with Crippen LogP contribution in [0.1, 0.15) is 0 Å². The molecule has 0 aliphatic carbocycles. The molecule has 0 radical (unpaired) electrons. The van der Waals surface area contributed by atoms with Crippen molar-refractivity contribution in [3.63, 3.8) is 0 Å². The molecule has 1 atom stereocenters. The van der Waals surface area contributed by atoms with Gasteiger partial charge >= 0.3 is 62.0 Å². The van der Waals surface area contributed by atoms with Crippen LogP contribution >= 0.6 is 11.8 Å². The van der Waals surface area contributed by atoms with Crippen molar-refractivity contribution in [2.24, 2.45) is 0 Å². The van der Waals surface area contributed by atoms with E-state index in [-0.39, 0.29) is 0 Å². The third-order valence-electron chi connectivity index (χ3n) is 0.257. The SMILES string of the molecule is C[P+](=[W])C[P]=[W]. The Morgan fingerprint density at radius 3 is 2.33 bits per heavy atom. The Morgan fingerprint density at radius 2 is 2.33 bits per heavy atom. The first-order chi connectivity index (χ1) is 2.77. The van der Waals surface area contributed by atoms with Crippen molar-refractivity contribution in [2.45, 2.75) is 0 Å². The van der Waals surface area contributed by atoms with Crippen molar-refractivity contribution < 1.29 is 37.6 Å². The quantitative estimate of drug-likeness (QED) is 0.555. The van der Waals surface area contributed by atoms with E-state index in [0.29, 0.717) is 5.56 Å². The molecule has 0 spiro atoms. The van der Waals surface area contributed by atoms with E-state index < -0.39 is 0 Å². The molecule has 0 aromatic carbocycles. The molecule has 6 heavy (non-hydrogen) atoms. The maximum atomic E-state index is 2.36. The second-order valence-corrected chi connectivity index (χ2v) is 13.0. The van der Waals surface area contributed by atoms with Crippen molar-refractivity contribution in [2.75, 3.05) is 12.6 Å². The topological polar surface area (TPSA) is 0 Å². The third-order valence-corrected chi connectivity index (χ3v) is 9.78. The summed E-state index contributed by atoms with van der Waals surface area (Å²) in [6, 6.07) is 0. The molecule has 0 aromatic heterocycles. The van der Waals surface area contributed by atoms with Gasteiger partial charge in [0, 0.05) is 0 Å². The van der Waals surface area contributed by atoms with E-state index >= 15 is 0 Å². The molecular formula is C2H5P2W2+. The fraction of sp³-hybridized carbons (Fsp3) is 1.00. The van der Waals surface area contributed by atoms with Crippen LogP contribution in [0.4, 0.5) is 0 Å². The van der Waals surface area contributed by atoms with Crippen LogP contribution in [0.15, 0.2) is 0 Å². The summed E-state index contributed by atoms with van der Waals surface area (Å²) in [4.78, 5) is 0. The van der Waals surface area contributed by atoms with E-state index in [9.17, 15) is 0 Å². The summed E-state index contributed by atoms with van der Waals surface area (Å²) < 4.78 is 0. The van der Waals surface area contributed by atoms with Gasteiger partial charge in [-0.05, 0) is 0 Å². The Bertz CT molecular complexity index is 69.9. The summed E-state index contributed by atoms with van der Waals surface area (Å²) in [6.07, 6.45) is 1.66.